The molecule has 0 amide bonds. The lowest BCUT2D eigenvalue weighted by molar-refractivity contribution is 0.315. The fourth-order valence-electron chi connectivity index (χ4n) is 4.11. The fraction of sp³-hybridized carbons (Fsp3) is 0.611. The number of rotatable bonds is 9. The van der Waals surface area contributed by atoms with Gasteiger partial charge in [0.15, 0.2) is 16.6 Å². The highest BCUT2D eigenvalue weighted by Gasteiger charge is 2.34. The Labute approximate surface area is 191 Å². The van der Waals surface area contributed by atoms with E-state index in [9.17, 15) is 13.0 Å². The molecule has 0 radical (unpaired) electrons. The second-order valence-electron chi connectivity index (χ2n) is 8.15. The molecule has 2 fully saturated rings. The molecule has 7 N–H and O–H groups in total. The summed E-state index contributed by atoms with van der Waals surface area (Å²) in [6.07, 6.45) is 1.78. The van der Waals surface area contributed by atoms with E-state index in [2.05, 4.69) is 25.9 Å². The number of nitrogens with two attached hydrogens (primary N) is 2. The predicted molar refractivity (Wildman–Crippen MR) is 124 cm³/mol. The van der Waals surface area contributed by atoms with Gasteiger partial charge >= 0.3 is 0 Å². The molecule has 2 unspecified atom stereocenters. The molecule has 3 atom stereocenters. The number of nitrogens with zero attached hydrogens (tertiary/aromatic N) is 4. The summed E-state index contributed by atoms with van der Waals surface area (Å²) in [6.45, 7) is 2.95. The molecule has 0 aromatic heterocycles. The van der Waals surface area contributed by atoms with Gasteiger partial charge in [-0.25, -0.2) is 13.6 Å². The van der Waals surface area contributed by atoms with Crippen molar-refractivity contribution in [2.24, 2.45) is 21.2 Å². The lowest BCUT2D eigenvalue weighted by atomic mass is 10.1. The van der Waals surface area contributed by atoms with Crippen molar-refractivity contribution in [3.63, 3.8) is 0 Å². The maximum absolute atomic E-state index is 13.1. The molecule has 0 bridgehead atoms. The van der Waals surface area contributed by atoms with Crippen molar-refractivity contribution < 1.29 is 13.0 Å². The van der Waals surface area contributed by atoms with E-state index in [1.54, 1.807) is 6.07 Å². The van der Waals surface area contributed by atoms with Gasteiger partial charge in [0.25, 0.3) is 0 Å². The summed E-state index contributed by atoms with van der Waals surface area (Å²) in [5, 5.41) is 18.5. The minimum Gasteiger partial charge on any atom is -0.610 e. The van der Waals surface area contributed by atoms with Crippen LogP contribution in [-0.4, -0.2) is 81.9 Å². The highest BCUT2D eigenvalue weighted by Crippen LogP contribution is 2.34. The standard InChI is InChI=1S/C18H31N9O3S2/c1-26(2)13-6-8-27(10-13)14-3-4-15(31(28)11-23-12-5-7-22-9-12)17(32(21,29)30)16(14)18(19)24-25-20/h3-4,12-13,22-23H,5-11H2,1-2H3,(H3,19,20,24)(H2,21,29,30)/t12-,13?,31?/m1/s1. The lowest BCUT2D eigenvalue weighted by Gasteiger charge is -2.26. The van der Waals surface area contributed by atoms with Crippen molar-refractivity contribution in [1.29, 1.82) is 5.53 Å². The molecular weight excluding hydrogens is 454 g/mol. The van der Waals surface area contributed by atoms with Gasteiger partial charge in [-0.1, -0.05) is 5.22 Å². The van der Waals surface area contributed by atoms with Crippen molar-refractivity contribution in [2.75, 3.05) is 51.1 Å². The molecular formula is C18H31N9O3S2. The summed E-state index contributed by atoms with van der Waals surface area (Å²) in [5.74, 6) is -0.195. The molecule has 2 heterocycles. The summed E-state index contributed by atoms with van der Waals surface area (Å²) >= 11 is -1.71. The lowest BCUT2D eigenvalue weighted by Crippen LogP contribution is -2.36. The monoisotopic (exact) mass is 485 g/mol. The summed E-state index contributed by atoms with van der Waals surface area (Å²) in [4.78, 5) is 3.81. The van der Waals surface area contributed by atoms with Crippen LogP contribution in [0.15, 0.2) is 32.2 Å². The molecule has 0 saturated carbocycles. The molecule has 32 heavy (non-hydrogen) atoms. The van der Waals surface area contributed by atoms with Gasteiger partial charge in [-0.3, -0.25) is 5.32 Å². The van der Waals surface area contributed by atoms with Crippen LogP contribution in [0.1, 0.15) is 18.4 Å². The quantitative estimate of drug-likeness (QED) is 0.0982. The van der Waals surface area contributed by atoms with Crippen LogP contribution >= 0.6 is 0 Å². The SMILES string of the molecule is CN(C)C1CCN(c2ccc([S+]([O-])CN[C@@H]3CCNC3)c(S(N)(=O)=O)c2/C(N)=N/N=N)C1. The van der Waals surface area contributed by atoms with E-state index in [4.69, 9.17) is 16.4 Å². The van der Waals surface area contributed by atoms with Gasteiger partial charge in [-0.05, 0) is 45.6 Å². The Kier molecular flexibility index (Phi) is 8.08. The van der Waals surface area contributed by atoms with Crippen LogP contribution in [0.2, 0.25) is 0 Å². The second kappa shape index (κ2) is 10.4. The normalized spacial score (nSPS) is 23.2. The predicted octanol–water partition coefficient (Wildman–Crippen LogP) is -0.858. The Morgan fingerprint density at radius 3 is 2.75 bits per heavy atom. The molecule has 14 heteroatoms. The van der Waals surface area contributed by atoms with Gasteiger partial charge in [0.05, 0.1) is 5.56 Å². The second-order valence-corrected chi connectivity index (χ2v) is 11.1. The van der Waals surface area contributed by atoms with Crippen molar-refractivity contribution in [1.82, 2.24) is 15.5 Å². The molecule has 0 spiro atoms. The molecule has 2 saturated heterocycles. The topological polar surface area (TPSA) is 188 Å². The van der Waals surface area contributed by atoms with Crippen LogP contribution in [-0.2, 0) is 21.2 Å². The number of hydrogen-bond donors (Lipinski definition) is 5. The zero-order valence-corrected chi connectivity index (χ0v) is 19.9. The maximum Gasteiger partial charge on any atom is 0.243 e. The van der Waals surface area contributed by atoms with Crippen LogP contribution in [0.3, 0.4) is 0 Å². The Balaban J connectivity index is 2.06. The van der Waals surface area contributed by atoms with E-state index in [1.165, 1.54) is 6.07 Å². The minimum absolute atomic E-state index is 0.0382. The summed E-state index contributed by atoms with van der Waals surface area (Å²) < 4.78 is 38.5. The Morgan fingerprint density at radius 2 is 2.19 bits per heavy atom. The molecule has 3 rings (SSSR count). The molecule has 0 aliphatic carbocycles. The smallest absolute Gasteiger partial charge is 0.243 e. The first kappa shape index (κ1) is 24.8. The van der Waals surface area contributed by atoms with Crippen molar-refractivity contribution in [3.8, 4) is 0 Å². The Bertz CT molecular complexity index is 965. The first-order chi connectivity index (χ1) is 15.1. The van der Waals surface area contributed by atoms with Crippen LogP contribution in [0.5, 0.6) is 0 Å². The number of anilines is 1. The first-order valence-corrected chi connectivity index (χ1v) is 13.1. The van der Waals surface area contributed by atoms with Gasteiger partial charge in [-0.2, -0.15) is 5.53 Å². The van der Waals surface area contributed by atoms with Crippen molar-refractivity contribution in [3.05, 3.63) is 17.7 Å². The number of hydrogen-bond acceptors (Lipinski definition) is 9. The zero-order chi connectivity index (χ0) is 23.5. The minimum atomic E-state index is -4.33. The third kappa shape index (κ3) is 5.57. The van der Waals surface area contributed by atoms with E-state index in [0.717, 1.165) is 25.9 Å². The van der Waals surface area contributed by atoms with Gasteiger partial charge in [-0.15, -0.1) is 5.10 Å². The number of nitrogens with one attached hydrogen (secondary N) is 3. The third-order valence-electron chi connectivity index (χ3n) is 5.84. The van der Waals surface area contributed by atoms with Crippen LogP contribution in [0.4, 0.5) is 5.69 Å². The van der Waals surface area contributed by atoms with E-state index in [1.807, 2.05) is 19.0 Å². The average Bonchev–Trinajstić information content (AvgIpc) is 3.42. The van der Waals surface area contributed by atoms with Crippen molar-refractivity contribution >= 4 is 32.7 Å². The first-order valence-electron chi connectivity index (χ1n) is 10.3. The Morgan fingerprint density at radius 1 is 1.44 bits per heavy atom. The maximum atomic E-state index is 13.1. The van der Waals surface area contributed by atoms with Gasteiger partial charge in [0.1, 0.15) is 4.90 Å². The van der Waals surface area contributed by atoms with E-state index in [-0.39, 0.29) is 39.2 Å². The number of likely N-dealkylation sites (N-methyl/N-ethyl adjacent to an activating group) is 1. The van der Waals surface area contributed by atoms with E-state index < -0.39 is 21.2 Å². The van der Waals surface area contributed by atoms with Gasteiger partial charge < -0.3 is 25.4 Å². The van der Waals surface area contributed by atoms with Crippen LogP contribution < -0.4 is 26.4 Å². The molecule has 2 aliphatic heterocycles. The fourth-order valence-corrected chi connectivity index (χ4v) is 6.65. The molecule has 2 aliphatic rings. The van der Waals surface area contributed by atoms with Gasteiger partial charge in [0.2, 0.25) is 10.0 Å². The molecule has 1 aromatic carbocycles. The molecule has 1 aromatic rings. The number of sulfonamides is 1. The number of primary sulfonamides is 1. The molecule has 178 valence electrons. The van der Waals surface area contributed by atoms with Crippen molar-refractivity contribution in [2.45, 2.75) is 34.7 Å². The summed E-state index contributed by atoms with van der Waals surface area (Å²) in [5.41, 5.74) is 13.7. The number of benzene rings is 1. The van der Waals surface area contributed by atoms with Gasteiger partial charge in [0, 0.05) is 48.6 Å². The summed E-state index contributed by atoms with van der Waals surface area (Å²) in [7, 11) is -0.356. The van der Waals surface area contributed by atoms with Crippen LogP contribution in [0.25, 0.3) is 0 Å². The number of amidine groups is 1. The van der Waals surface area contributed by atoms with Crippen LogP contribution in [0, 0.1) is 5.53 Å². The molecule has 12 nitrogen and oxygen atoms in total. The highest BCUT2D eigenvalue weighted by molar-refractivity contribution is 7.93. The largest absolute Gasteiger partial charge is 0.610 e. The zero-order valence-electron chi connectivity index (χ0n) is 18.2. The van der Waals surface area contributed by atoms with E-state index >= 15 is 0 Å². The summed E-state index contributed by atoms with van der Waals surface area (Å²) in [6, 6.07) is 3.66. The average molecular weight is 486 g/mol. The highest BCUT2D eigenvalue weighted by atomic mass is 32.2. The Hall–Kier alpha value is -1.81. The third-order valence-corrected chi connectivity index (χ3v) is 8.22. The van der Waals surface area contributed by atoms with E-state index in [0.29, 0.717) is 18.8 Å².